The molecule has 1 atom stereocenters. The van der Waals surface area contributed by atoms with E-state index < -0.39 is 6.04 Å². The van der Waals surface area contributed by atoms with Crippen LogP contribution in [0.3, 0.4) is 0 Å². The molecule has 1 aliphatic rings. The van der Waals surface area contributed by atoms with Gasteiger partial charge in [0.1, 0.15) is 5.82 Å². The van der Waals surface area contributed by atoms with Crippen molar-refractivity contribution >= 4 is 29.8 Å². The molecule has 0 radical (unpaired) electrons. The van der Waals surface area contributed by atoms with Gasteiger partial charge >= 0.3 is 0 Å². The fourth-order valence-electron chi connectivity index (χ4n) is 2.04. The molecule has 0 bridgehead atoms. The number of rotatable bonds is 3. The lowest BCUT2D eigenvalue weighted by Gasteiger charge is -2.28. The van der Waals surface area contributed by atoms with Gasteiger partial charge in [0.15, 0.2) is 0 Å². The molecule has 0 spiro atoms. The zero-order valence-electron chi connectivity index (χ0n) is 11.1. The molecule has 1 aliphatic heterocycles. The van der Waals surface area contributed by atoms with E-state index in [1.165, 1.54) is 19.3 Å². The van der Waals surface area contributed by atoms with Gasteiger partial charge in [0.25, 0.3) is 0 Å². The van der Waals surface area contributed by atoms with Gasteiger partial charge in [-0.3, -0.25) is 4.79 Å². The van der Waals surface area contributed by atoms with Crippen molar-refractivity contribution in [3.8, 4) is 0 Å². The number of hydrogen-bond acceptors (Lipinski definition) is 4. The van der Waals surface area contributed by atoms with Gasteiger partial charge in [0.05, 0.1) is 17.9 Å². The van der Waals surface area contributed by atoms with E-state index in [2.05, 4.69) is 15.2 Å². The minimum atomic E-state index is -0.520. The second-order valence-electron chi connectivity index (χ2n) is 4.73. The third-order valence-corrected chi connectivity index (χ3v) is 3.13. The average Bonchev–Trinajstić information content (AvgIpc) is 2.40. The molecule has 1 unspecified atom stereocenters. The molecule has 5 nitrogen and oxygen atoms in total. The SMILES string of the molecule is CC(N)C(=O)Nc1ccc(N2CCCCC2)cn1.Cl. The lowest BCUT2D eigenvalue weighted by molar-refractivity contribution is -0.117. The number of halogens is 1. The van der Waals surface area contributed by atoms with Crippen molar-refractivity contribution in [2.45, 2.75) is 32.2 Å². The van der Waals surface area contributed by atoms with Crippen molar-refractivity contribution in [3.05, 3.63) is 18.3 Å². The number of anilines is 2. The summed E-state index contributed by atoms with van der Waals surface area (Å²) in [7, 11) is 0. The predicted octanol–water partition coefficient (Wildman–Crippen LogP) is 1.78. The number of hydrogen-bond donors (Lipinski definition) is 2. The second-order valence-corrected chi connectivity index (χ2v) is 4.73. The molecular weight excluding hydrogens is 264 g/mol. The maximum absolute atomic E-state index is 11.4. The molecule has 0 aromatic carbocycles. The summed E-state index contributed by atoms with van der Waals surface area (Å²) in [5.74, 6) is 0.339. The molecule has 3 N–H and O–H groups in total. The van der Waals surface area contributed by atoms with E-state index in [4.69, 9.17) is 5.73 Å². The topological polar surface area (TPSA) is 71.2 Å². The number of piperidine rings is 1. The van der Waals surface area contributed by atoms with Crippen LogP contribution in [0, 0.1) is 0 Å². The summed E-state index contributed by atoms with van der Waals surface area (Å²) in [6.07, 6.45) is 5.60. The standard InChI is InChI=1S/C13H20N4O.ClH/c1-10(14)13(18)16-12-6-5-11(9-15-12)17-7-3-2-4-8-17;/h5-6,9-10H,2-4,7-8,14H2,1H3,(H,15,16,18);1H. The van der Waals surface area contributed by atoms with Crippen molar-refractivity contribution in [1.29, 1.82) is 0 Å². The molecule has 1 saturated heterocycles. The summed E-state index contributed by atoms with van der Waals surface area (Å²) in [6, 6.07) is 3.30. The Morgan fingerprint density at radius 2 is 2.05 bits per heavy atom. The zero-order chi connectivity index (χ0) is 13.0. The Morgan fingerprint density at radius 1 is 1.37 bits per heavy atom. The monoisotopic (exact) mass is 284 g/mol. The van der Waals surface area contributed by atoms with Crippen LogP contribution in [0.2, 0.25) is 0 Å². The van der Waals surface area contributed by atoms with Crippen molar-refractivity contribution in [2.24, 2.45) is 5.73 Å². The Hall–Kier alpha value is -1.33. The highest BCUT2D eigenvalue weighted by Gasteiger charge is 2.12. The van der Waals surface area contributed by atoms with Gasteiger partial charge in [-0.2, -0.15) is 0 Å². The second kappa shape index (κ2) is 7.31. The summed E-state index contributed by atoms with van der Waals surface area (Å²) in [5, 5.41) is 2.68. The molecule has 0 aliphatic carbocycles. The van der Waals surface area contributed by atoms with Crippen LogP contribution in [0.4, 0.5) is 11.5 Å². The van der Waals surface area contributed by atoms with Crippen LogP contribution in [0.15, 0.2) is 18.3 Å². The third kappa shape index (κ3) is 4.36. The molecule has 1 fully saturated rings. The van der Waals surface area contributed by atoms with E-state index >= 15 is 0 Å². The smallest absolute Gasteiger partial charge is 0.242 e. The number of nitrogens with one attached hydrogen (secondary N) is 1. The highest BCUT2D eigenvalue weighted by atomic mass is 35.5. The van der Waals surface area contributed by atoms with E-state index in [1.807, 2.05) is 18.3 Å². The molecule has 2 rings (SSSR count). The number of carbonyl (C=O) groups is 1. The first-order valence-electron chi connectivity index (χ1n) is 6.44. The molecule has 1 amide bonds. The molecule has 6 heteroatoms. The van der Waals surface area contributed by atoms with Crippen LogP contribution in [0.25, 0.3) is 0 Å². The Kier molecular flexibility index (Phi) is 6.05. The normalized spacial score (nSPS) is 16.4. The molecule has 1 aromatic heterocycles. The van der Waals surface area contributed by atoms with Gasteiger partial charge in [-0.1, -0.05) is 0 Å². The van der Waals surface area contributed by atoms with Crippen molar-refractivity contribution in [2.75, 3.05) is 23.3 Å². The van der Waals surface area contributed by atoms with E-state index in [9.17, 15) is 4.79 Å². The summed E-state index contributed by atoms with van der Waals surface area (Å²) in [4.78, 5) is 18.0. The number of carbonyl (C=O) groups excluding carboxylic acids is 1. The lowest BCUT2D eigenvalue weighted by atomic mass is 10.1. The van der Waals surface area contributed by atoms with Crippen LogP contribution in [-0.2, 0) is 4.79 Å². The van der Waals surface area contributed by atoms with Gasteiger partial charge in [-0.15, -0.1) is 12.4 Å². The fourth-order valence-corrected chi connectivity index (χ4v) is 2.04. The summed E-state index contributed by atoms with van der Waals surface area (Å²) in [6.45, 7) is 3.83. The van der Waals surface area contributed by atoms with Crippen LogP contribution >= 0.6 is 12.4 Å². The van der Waals surface area contributed by atoms with Crippen molar-refractivity contribution in [1.82, 2.24) is 4.98 Å². The molecular formula is C13H21ClN4O. The third-order valence-electron chi connectivity index (χ3n) is 3.13. The minimum Gasteiger partial charge on any atom is -0.370 e. The first-order valence-corrected chi connectivity index (χ1v) is 6.44. The van der Waals surface area contributed by atoms with Crippen molar-refractivity contribution in [3.63, 3.8) is 0 Å². The number of pyridine rings is 1. The molecule has 1 aromatic rings. The van der Waals surface area contributed by atoms with E-state index in [-0.39, 0.29) is 18.3 Å². The maximum Gasteiger partial charge on any atom is 0.242 e. The average molecular weight is 285 g/mol. The zero-order valence-corrected chi connectivity index (χ0v) is 11.9. The summed E-state index contributed by atoms with van der Waals surface area (Å²) >= 11 is 0. The highest BCUT2D eigenvalue weighted by Crippen LogP contribution is 2.19. The van der Waals surface area contributed by atoms with Crippen molar-refractivity contribution < 1.29 is 4.79 Å². The fraction of sp³-hybridized carbons (Fsp3) is 0.538. The van der Waals surface area contributed by atoms with Gasteiger partial charge in [-0.25, -0.2) is 4.98 Å². The van der Waals surface area contributed by atoms with Crippen LogP contribution in [-0.4, -0.2) is 30.0 Å². The Morgan fingerprint density at radius 3 is 2.58 bits per heavy atom. The maximum atomic E-state index is 11.4. The molecule has 106 valence electrons. The van der Waals surface area contributed by atoms with Gasteiger partial charge in [-0.05, 0) is 38.3 Å². The Labute approximate surface area is 120 Å². The summed E-state index contributed by atoms with van der Waals surface area (Å²) in [5.41, 5.74) is 6.60. The minimum absolute atomic E-state index is 0. The Bertz CT molecular complexity index is 402. The Balaban J connectivity index is 0.00000180. The highest BCUT2D eigenvalue weighted by molar-refractivity contribution is 5.93. The first kappa shape index (κ1) is 15.7. The number of nitrogens with zero attached hydrogens (tertiary/aromatic N) is 2. The largest absolute Gasteiger partial charge is 0.370 e. The number of nitrogens with two attached hydrogens (primary N) is 1. The molecule has 2 heterocycles. The van der Waals surface area contributed by atoms with Gasteiger partial charge < -0.3 is 16.0 Å². The van der Waals surface area contributed by atoms with Crippen LogP contribution in [0.5, 0.6) is 0 Å². The molecule has 0 saturated carbocycles. The van der Waals surface area contributed by atoms with Gasteiger partial charge in [0, 0.05) is 13.1 Å². The number of aromatic nitrogens is 1. The number of amides is 1. The molecule has 19 heavy (non-hydrogen) atoms. The van der Waals surface area contributed by atoms with Crippen LogP contribution < -0.4 is 16.0 Å². The van der Waals surface area contributed by atoms with E-state index in [1.54, 1.807) is 6.92 Å². The van der Waals surface area contributed by atoms with E-state index in [0.717, 1.165) is 18.8 Å². The van der Waals surface area contributed by atoms with E-state index in [0.29, 0.717) is 5.82 Å². The first-order chi connectivity index (χ1) is 8.66. The quantitative estimate of drug-likeness (QED) is 0.887. The lowest BCUT2D eigenvalue weighted by Crippen LogP contribution is -2.33. The predicted molar refractivity (Wildman–Crippen MR) is 79.8 cm³/mol. The van der Waals surface area contributed by atoms with Gasteiger partial charge in [0.2, 0.25) is 5.91 Å². The van der Waals surface area contributed by atoms with Crippen LogP contribution in [0.1, 0.15) is 26.2 Å². The summed E-state index contributed by atoms with van der Waals surface area (Å²) < 4.78 is 0.